The maximum absolute atomic E-state index is 12.5. The standard InChI is InChI=1S/C19H18N4O3/c20-12-14-8-9-17(18(11-14)23(25)26)22-10-4-5-15(13-22)19(24)21-16-6-2-1-3-7-16/h1-3,6-9,11,15H,4-5,10,13H2,(H,21,24). The molecule has 1 aliphatic rings. The van der Waals surface area contributed by atoms with E-state index in [4.69, 9.17) is 5.26 Å². The van der Waals surface area contributed by atoms with Crippen molar-refractivity contribution in [2.75, 3.05) is 23.3 Å². The van der Waals surface area contributed by atoms with Crippen molar-refractivity contribution >= 4 is 23.0 Å². The van der Waals surface area contributed by atoms with Crippen molar-refractivity contribution in [1.29, 1.82) is 5.26 Å². The van der Waals surface area contributed by atoms with E-state index in [1.165, 1.54) is 6.07 Å². The fourth-order valence-electron chi connectivity index (χ4n) is 3.18. The number of benzene rings is 2. The van der Waals surface area contributed by atoms with E-state index in [-0.39, 0.29) is 23.1 Å². The van der Waals surface area contributed by atoms with E-state index in [9.17, 15) is 14.9 Å². The molecule has 1 saturated heterocycles. The predicted octanol–water partition coefficient (Wildman–Crippen LogP) is 3.32. The summed E-state index contributed by atoms with van der Waals surface area (Å²) in [7, 11) is 0. The lowest BCUT2D eigenvalue weighted by molar-refractivity contribution is -0.384. The maximum Gasteiger partial charge on any atom is 0.293 e. The van der Waals surface area contributed by atoms with Gasteiger partial charge in [-0.2, -0.15) is 5.26 Å². The van der Waals surface area contributed by atoms with Crippen molar-refractivity contribution in [3.05, 3.63) is 64.2 Å². The highest BCUT2D eigenvalue weighted by Gasteiger charge is 2.29. The largest absolute Gasteiger partial charge is 0.365 e. The van der Waals surface area contributed by atoms with Gasteiger partial charge in [0.25, 0.3) is 5.69 Å². The van der Waals surface area contributed by atoms with Crippen molar-refractivity contribution < 1.29 is 9.72 Å². The summed E-state index contributed by atoms with van der Waals surface area (Å²) in [4.78, 5) is 25.3. The summed E-state index contributed by atoms with van der Waals surface area (Å²) < 4.78 is 0. The number of nitro benzene ring substituents is 1. The first-order valence-corrected chi connectivity index (χ1v) is 8.38. The highest BCUT2D eigenvalue weighted by Crippen LogP contribution is 2.32. The second-order valence-electron chi connectivity index (χ2n) is 6.21. The van der Waals surface area contributed by atoms with Crippen molar-refractivity contribution in [3.8, 4) is 6.07 Å². The third-order valence-electron chi connectivity index (χ3n) is 4.48. The average Bonchev–Trinajstić information content (AvgIpc) is 2.68. The number of carbonyl (C=O) groups is 1. The van der Waals surface area contributed by atoms with E-state index in [1.54, 1.807) is 12.1 Å². The van der Waals surface area contributed by atoms with E-state index >= 15 is 0 Å². The zero-order valence-electron chi connectivity index (χ0n) is 14.1. The lowest BCUT2D eigenvalue weighted by Crippen LogP contribution is -2.41. The fourth-order valence-corrected chi connectivity index (χ4v) is 3.18. The molecule has 1 fully saturated rings. The molecule has 1 amide bonds. The minimum absolute atomic E-state index is 0.0859. The lowest BCUT2D eigenvalue weighted by atomic mass is 9.96. The number of piperidine rings is 1. The summed E-state index contributed by atoms with van der Waals surface area (Å²) in [6.07, 6.45) is 1.50. The number of nitro groups is 1. The first kappa shape index (κ1) is 17.4. The van der Waals surface area contributed by atoms with Crippen LogP contribution in [0.2, 0.25) is 0 Å². The van der Waals surface area contributed by atoms with E-state index in [0.717, 1.165) is 18.5 Å². The van der Waals surface area contributed by atoms with Gasteiger partial charge < -0.3 is 10.2 Å². The van der Waals surface area contributed by atoms with Crippen LogP contribution in [0.4, 0.5) is 17.1 Å². The molecule has 0 aromatic heterocycles. The molecule has 132 valence electrons. The van der Waals surface area contributed by atoms with E-state index in [1.807, 2.05) is 41.3 Å². The number of amides is 1. The first-order chi connectivity index (χ1) is 12.6. The summed E-state index contributed by atoms with van der Waals surface area (Å²) in [5.74, 6) is -0.337. The molecule has 7 heteroatoms. The molecule has 0 bridgehead atoms. The summed E-state index contributed by atoms with van der Waals surface area (Å²) >= 11 is 0. The molecule has 1 atom stereocenters. The number of para-hydroxylation sites is 1. The summed E-state index contributed by atoms with van der Waals surface area (Å²) in [5.41, 5.74) is 1.33. The van der Waals surface area contributed by atoms with Gasteiger partial charge in [-0.25, -0.2) is 0 Å². The second kappa shape index (κ2) is 7.66. The van der Waals surface area contributed by atoms with E-state index in [0.29, 0.717) is 18.8 Å². The Labute approximate surface area is 151 Å². The van der Waals surface area contributed by atoms with Crippen molar-refractivity contribution in [2.24, 2.45) is 5.92 Å². The minimum Gasteiger partial charge on any atom is -0.365 e. The molecule has 1 aliphatic heterocycles. The Morgan fingerprint density at radius 2 is 2.04 bits per heavy atom. The van der Waals surface area contributed by atoms with E-state index < -0.39 is 4.92 Å². The van der Waals surface area contributed by atoms with Crippen LogP contribution < -0.4 is 10.2 Å². The number of nitrogens with zero attached hydrogens (tertiary/aromatic N) is 3. The van der Waals surface area contributed by atoms with Crippen molar-refractivity contribution in [2.45, 2.75) is 12.8 Å². The number of hydrogen-bond acceptors (Lipinski definition) is 5. The molecule has 2 aromatic carbocycles. The number of rotatable bonds is 4. The highest BCUT2D eigenvalue weighted by atomic mass is 16.6. The highest BCUT2D eigenvalue weighted by molar-refractivity contribution is 5.93. The second-order valence-corrected chi connectivity index (χ2v) is 6.21. The quantitative estimate of drug-likeness (QED) is 0.673. The number of nitriles is 1. The van der Waals surface area contributed by atoms with Gasteiger partial charge in [-0.15, -0.1) is 0 Å². The summed E-state index contributed by atoms with van der Waals surface area (Å²) in [5, 5.41) is 23.2. The smallest absolute Gasteiger partial charge is 0.293 e. The Hall–Kier alpha value is -3.40. The van der Waals surface area contributed by atoms with E-state index in [2.05, 4.69) is 5.32 Å². The number of nitrogens with one attached hydrogen (secondary N) is 1. The molecule has 0 spiro atoms. The molecule has 1 N–H and O–H groups in total. The Morgan fingerprint density at radius 1 is 1.27 bits per heavy atom. The summed E-state index contributed by atoms with van der Waals surface area (Å²) in [6, 6.07) is 15.6. The van der Waals surface area contributed by atoms with Gasteiger partial charge in [0.05, 0.1) is 22.5 Å². The minimum atomic E-state index is -0.482. The predicted molar refractivity (Wildman–Crippen MR) is 97.8 cm³/mol. The number of anilines is 2. The Balaban J connectivity index is 1.77. The topological polar surface area (TPSA) is 99.3 Å². The molecule has 3 rings (SSSR count). The van der Waals surface area contributed by atoms with Crippen LogP contribution in [0.5, 0.6) is 0 Å². The SMILES string of the molecule is N#Cc1ccc(N2CCCC(C(=O)Nc3ccccc3)C2)c([N+](=O)[O-])c1. The molecule has 0 radical (unpaired) electrons. The Kier molecular flexibility index (Phi) is 5.13. The Morgan fingerprint density at radius 3 is 2.73 bits per heavy atom. The molecule has 0 aliphatic carbocycles. The number of hydrogen-bond donors (Lipinski definition) is 1. The molecule has 26 heavy (non-hydrogen) atoms. The molecular weight excluding hydrogens is 332 g/mol. The van der Waals surface area contributed by atoms with Crippen LogP contribution in [0.1, 0.15) is 18.4 Å². The molecule has 7 nitrogen and oxygen atoms in total. The lowest BCUT2D eigenvalue weighted by Gasteiger charge is -2.33. The van der Waals surface area contributed by atoms with Crippen LogP contribution in [0, 0.1) is 27.4 Å². The van der Waals surface area contributed by atoms with Crippen LogP contribution in [0.3, 0.4) is 0 Å². The zero-order chi connectivity index (χ0) is 18.5. The van der Waals surface area contributed by atoms with Crippen LogP contribution in [-0.2, 0) is 4.79 Å². The molecule has 1 heterocycles. The Bertz CT molecular complexity index is 861. The third-order valence-corrected chi connectivity index (χ3v) is 4.48. The van der Waals surface area contributed by atoms with Gasteiger partial charge in [-0.05, 0) is 37.1 Å². The van der Waals surface area contributed by atoms with Gasteiger partial charge in [-0.3, -0.25) is 14.9 Å². The van der Waals surface area contributed by atoms with Crippen LogP contribution in [0.25, 0.3) is 0 Å². The van der Waals surface area contributed by atoms with Crippen LogP contribution in [-0.4, -0.2) is 23.9 Å². The van der Waals surface area contributed by atoms with Crippen molar-refractivity contribution in [3.63, 3.8) is 0 Å². The van der Waals surface area contributed by atoms with Crippen LogP contribution in [0.15, 0.2) is 48.5 Å². The van der Waals surface area contributed by atoms with Gasteiger partial charge in [0.1, 0.15) is 5.69 Å². The van der Waals surface area contributed by atoms with Gasteiger partial charge in [0.15, 0.2) is 0 Å². The molecular formula is C19H18N4O3. The fraction of sp³-hybridized carbons (Fsp3) is 0.263. The number of carbonyl (C=O) groups excluding carboxylic acids is 1. The van der Waals surface area contributed by atoms with Gasteiger partial charge in [0.2, 0.25) is 5.91 Å². The molecule has 1 unspecified atom stereocenters. The first-order valence-electron chi connectivity index (χ1n) is 8.38. The average molecular weight is 350 g/mol. The summed E-state index contributed by atoms with van der Waals surface area (Å²) in [6.45, 7) is 1.05. The maximum atomic E-state index is 12.5. The normalized spacial score (nSPS) is 16.6. The third kappa shape index (κ3) is 3.81. The molecule has 0 saturated carbocycles. The zero-order valence-corrected chi connectivity index (χ0v) is 14.1. The van der Waals surface area contributed by atoms with Gasteiger partial charge >= 0.3 is 0 Å². The van der Waals surface area contributed by atoms with Crippen molar-refractivity contribution in [1.82, 2.24) is 0 Å². The van der Waals surface area contributed by atoms with Gasteiger partial charge in [-0.1, -0.05) is 18.2 Å². The van der Waals surface area contributed by atoms with Crippen LogP contribution >= 0.6 is 0 Å². The monoisotopic (exact) mass is 350 g/mol. The van der Waals surface area contributed by atoms with Gasteiger partial charge in [0, 0.05) is 24.8 Å². The molecule has 2 aromatic rings.